The van der Waals surface area contributed by atoms with Gasteiger partial charge in [-0.2, -0.15) is 0 Å². The van der Waals surface area contributed by atoms with Crippen LogP contribution in [0, 0.1) is 0 Å². The van der Waals surface area contributed by atoms with E-state index in [1.54, 1.807) is 13.8 Å². The minimum atomic E-state index is -1.80. The van der Waals surface area contributed by atoms with Gasteiger partial charge in [-0.05, 0) is 66.4 Å². The predicted molar refractivity (Wildman–Crippen MR) is 203 cm³/mol. The van der Waals surface area contributed by atoms with Gasteiger partial charge in [-0.15, -0.1) is 0 Å². The van der Waals surface area contributed by atoms with Gasteiger partial charge in [-0.1, -0.05) is 12.1 Å². The molecule has 0 amide bonds. The quantitative estimate of drug-likeness (QED) is 0.110. The van der Waals surface area contributed by atoms with Crippen molar-refractivity contribution in [1.82, 2.24) is 4.90 Å². The number of hydrogen-bond acceptors (Lipinski definition) is 16. The number of methoxy groups -OCH3 is 1. The van der Waals surface area contributed by atoms with E-state index in [0.29, 0.717) is 6.42 Å². The number of aromatic hydroxyl groups is 2. The van der Waals surface area contributed by atoms with Gasteiger partial charge in [0.25, 0.3) is 0 Å². The fourth-order valence-electron chi connectivity index (χ4n) is 8.80. The molecular formula is C42H55NO15. The largest absolute Gasteiger partial charge is 0.507 e. The van der Waals surface area contributed by atoms with Crippen molar-refractivity contribution < 1.29 is 72.8 Å². The van der Waals surface area contributed by atoms with E-state index in [-0.39, 0.29) is 71.2 Å². The third-order valence-electron chi connectivity index (χ3n) is 11.5. The van der Waals surface area contributed by atoms with E-state index in [9.17, 15) is 39.6 Å². The van der Waals surface area contributed by atoms with Gasteiger partial charge in [0, 0.05) is 54.8 Å². The summed E-state index contributed by atoms with van der Waals surface area (Å²) in [6.07, 6.45) is -5.86. The minimum absolute atomic E-state index is 0.0132. The van der Waals surface area contributed by atoms with Crippen molar-refractivity contribution in [3.63, 3.8) is 0 Å². The summed E-state index contributed by atoms with van der Waals surface area (Å²) in [4.78, 5) is 53.9. The highest BCUT2D eigenvalue weighted by Gasteiger charge is 2.52. The van der Waals surface area contributed by atoms with Gasteiger partial charge in [0.15, 0.2) is 24.7 Å². The molecule has 4 aliphatic rings. The fourth-order valence-corrected chi connectivity index (χ4v) is 8.80. The van der Waals surface area contributed by atoms with E-state index in [0.717, 1.165) is 13.4 Å². The number of likely N-dealkylation sites (N-methyl/N-ethyl adjacent to an activating group) is 1. The Balaban J connectivity index is 1.24. The molecule has 58 heavy (non-hydrogen) atoms. The number of nitrogens with zero attached hydrogens (tertiary/aromatic N) is 1. The molecule has 2 heterocycles. The molecule has 12 atom stereocenters. The Labute approximate surface area is 337 Å². The number of ether oxygens (including phenoxy) is 7. The van der Waals surface area contributed by atoms with Crippen LogP contribution in [0.25, 0.3) is 0 Å². The van der Waals surface area contributed by atoms with Crippen LogP contribution < -0.4 is 0 Å². The van der Waals surface area contributed by atoms with Crippen LogP contribution in [0.1, 0.15) is 122 Å². The molecule has 2 aromatic carbocycles. The molecule has 4 N–H and O–H groups in total. The number of rotatable bonds is 13. The maximum atomic E-state index is 13.9. The summed E-state index contributed by atoms with van der Waals surface area (Å²) in [7, 11) is 4.89. The lowest BCUT2D eigenvalue weighted by Crippen LogP contribution is -2.58. The molecule has 2 aliphatic carbocycles. The highest BCUT2D eigenvalue weighted by molar-refractivity contribution is 6.30. The van der Waals surface area contributed by atoms with Crippen LogP contribution >= 0.6 is 0 Å². The van der Waals surface area contributed by atoms with Crippen molar-refractivity contribution >= 4 is 23.8 Å². The molecule has 0 bridgehead atoms. The highest BCUT2D eigenvalue weighted by Crippen LogP contribution is 2.53. The maximum Gasteiger partial charge on any atom is 0.316 e. The van der Waals surface area contributed by atoms with Gasteiger partial charge in [0.1, 0.15) is 35.9 Å². The Bertz CT molecular complexity index is 1870. The summed E-state index contributed by atoms with van der Waals surface area (Å²) < 4.78 is 42.7. The predicted octanol–water partition coefficient (Wildman–Crippen LogP) is 3.40. The molecule has 16 nitrogen and oxygen atoms in total. The van der Waals surface area contributed by atoms with Gasteiger partial charge in [0.05, 0.1) is 54.4 Å². The third-order valence-corrected chi connectivity index (χ3v) is 11.5. The van der Waals surface area contributed by atoms with Crippen molar-refractivity contribution in [2.75, 3.05) is 21.2 Å². The number of esters is 1. The van der Waals surface area contributed by atoms with Crippen LogP contribution in [0.15, 0.2) is 24.3 Å². The first-order chi connectivity index (χ1) is 27.4. The monoisotopic (exact) mass is 813 g/mol. The summed E-state index contributed by atoms with van der Waals surface area (Å²) in [6, 6.07) is 5.06. The number of carbonyl (C=O) groups excluding carboxylic acids is 4. The topological polar surface area (TPSA) is 217 Å². The summed E-state index contributed by atoms with van der Waals surface area (Å²) in [6.45, 7) is 8.71. The molecule has 318 valence electrons. The highest BCUT2D eigenvalue weighted by atomic mass is 16.7. The summed E-state index contributed by atoms with van der Waals surface area (Å²) in [5.74, 6) is -4.66. The van der Waals surface area contributed by atoms with Crippen LogP contribution in [0.3, 0.4) is 0 Å². The molecule has 16 heteroatoms. The number of aliphatic hydroxyl groups excluding tert-OH is 1. The van der Waals surface area contributed by atoms with E-state index in [1.165, 1.54) is 31.2 Å². The Morgan fingerprint density at radius 3 is 2.29 bits per heavy atom. The summed E-state index contributed by atoms with van der Waals surface area (Å²) in [5, 5.41) is 45.5. The normalized spacial score (nSPS) is 32.7. The number of phenols is 2. The number of phenolic OH excluding ortho intramolecular Hbond substituents is 2. The van der Waals surface area contributed by atoms with Crippen LogP contribution in [0.5, 0.6) is 11.5 Å². The number of aliphatic hydroxyl groups is 2. The van der Waals surface area contributed by atoms with Gasteiger partial charge in [-0.25, -0.2) is 0 Å². The maximum absolute atomic E-state index is 13.9. The lowest BCUT2D eigenvalue weighted by Gasteiger charge is -2.47. The first kappa shape index (κ1) is 43.7. The first-order valence-corrected chi connectivity index (χ1v) is 19.7. The first-order valence-electron chi connectivity index (χ1n) is 19.7. The van der Waals surface area contributed by atoms with Gasteiger partial charge >= 0.3 is 5.97 Å². The summed E-state index contributed by atoms with van der Waals surface area (Å²) in [5.41, 5.74) is -2.60. The molecular weight excluding hydrogens is 758 g/mol. The number of aldehydes is 1. The van der Waals surface area contributed by atoms with E-state index in [4.69, 9.17) is 33.2 Å². The van der Waals surface area contributed by atoms with Crippen molar-refractivity contribution in [2.24, 2.45) is 0 Å². The van der Waals surface area contributed by atoms with Gasteiger partial charge in [-0.3, -0.25) is 14.4 Å². The molecule has 0 spiro atoms. The Morgan fingerprint density at radius 2 is 1.67 bits per heavy atom. The lowest BCUT2D eigenvalue weighted by atomic mass is 9.68. The number of hydrogen-bond donors (Lipinski definition) is 4. The molecule has 0 aromatic heterocycles. The zero-order valence-electron chi connectivity index (χ0n) is 34.1. The van der Waals surface area contributed by atoms with E-state index in [2.05, 4.69) is 0 Å². The average molecular weight is 814 g/mol. The fraction of sp³-hybridized carbons (Fsp3) is 0.619. The minimum Gasteiger partial charge on any atom is -0.507 e. The number of benzene rings is 2. The standard InChI is InChI=1S/C42H55NO15/c1-19(2)53-29(13-10-14-44)57-40-21(4)55-31(17-27(40)46)58-39-20(3)54-30(16-25(39)43(6)7)56-28-18-42(5,51)35(41(50)52-8)23-15-24-34(38(49)33(23)28)37(48)32-22(36(24)47)11-9-12-26(32)45/h9,11-12,14-15,19-21,25,27-31,35,39-40,45-46,49,51H,10,13,16-18H2,1-8H3/t20?,21?,25?,27?,28?,29?,30?,31?,35-,39?,40?,42?/m0/s1. The Kier molecular flexibility index (Phi) is 13.1. The van der Waals surface area contributed by atoms with Crippen molar-refractivity contribution in [3.8, 4) is 11.5 Å². The Morgan fingerprint density at radius 1 is 1.00 bits per heavy atom. The molecule has 2 aromatic rings. The van der Waals surface area contributed by atoms with Crippen LogP contribution in [-0.2, 0) is 42.7 Å². The second-order valence-corrected chi connectivity index (χ2v) is 16.3. The second kappa shape index (κ2) is 17.4. The number of fused-ring (bicyclic) bond motifs is 3. The second-order valence-electron chi connectivity index (χ2n) is 16.3. The number of carbonyl (C=O) groups is 4. The van der Waals surface area contributed by atoms with E-state index < -0.39 is 96.0 Å². The van der Waals surface area contributed by atoms with Gasteiger partial charge < -0.3 is 63.3 Å². The van der Waals surface area contributed by atoms with Crippen molar-refractivity contribution in [2.45, 2.75) is 146 Å². The van der Waals surface area contributed by atoms with Crippen LogP contribution in [0.2, 0.25) is 0 Å². The van der Waals surface area contributed by atoms with Gasteiger partial charge in [0.2, 0.25) is 5.78 Å². The molecule has 0 saturated carbocycles. The van der Waals surface area contributed by atoms with Crippen molar-refractivity contribution in [1.29, 1.82) is 0 Å². The molecule has 2 saturated heterocycles. The Hall–Kier alpha value is -3.84. The summed E-state index contributed by atoms with van der Waals surface area (Å²) >= 11 is 0. The zero-order valence-corrected chi connectivity index (χ0v) is 34.1. The van der Waals surface area contributed by atoms with Crippen LogP contribution in [-0.4, -0.2) is 137 Å². The van der Waals surface area contributed by atoms with E-state index in [1.807, 2.05) is 32.8 Å². The van der Waals surface area contributed by atoms with Crippen LogP contribution in [0.4, 0.5) is 0 Å². The SMILES string of the molecule is COC(=O)[C@@H]1c2cc3c(c(O)c2C(OC2CC(N(C)C)C(OC4CC(O)C(OC(CCC=O)OC(C)C)C(C)O4)C(C)O2)CC1(C)O)C(=O)c1c(O)cccc1C3=O. The number of ketones is 2. The third kappa shape index (κ3) is 8.44. The molecule has 0 radical (unpaired) electrons. The lowest BCUT2D eigenvalue weighted by molar-refractivity contribution is -0.323. The molecule has 11 unspecified atom stereocenters. The van der Waals surface area contributed by atoms with Crippen molar-refractivity contribution in [3.05, 3.63) is 57.6 Å². The average Bonchev–Trinajstić information content (AvgIpc) is 3.13. The molecule has 2 aliphatic heterocycles. The van der Waals surface area contributed by atoms with E-state index >= 15 is 0 Å². The molecule has 6 rings (SSSR count). The zero-order chi connectivity index (χ0) is 42.4. The smallest absolute Gasteiger partial charge is 0.316 e. The molecule has 2 fully saturated rings.